The third-order valence-electron chi connectivity index (χ3n) is 3.59. The first-order valence-corrected chi connectivity index (χ1v) is 7.90. The maximum Gasteiger partial charge on any atom is 0.338 e. The highest BCUT2D eigenvalue weighted by molar-refractivity contribution is 6.03. The molecule has 0 saturated carbocycles. The van der Waals surface area contributed by atoms with Gasteiger partial charge in [0.05, 0.1) is 17.9 Å². The van der Waals surface area contributed by atoms with E-state index in [0.717, 1.165) is 11.4 Å². The number of rotatable bonds is 4. The fraction of sp³-hybridized carbons (Fsp3) is 0.222. The monoisotopic (exact) mass is 338 g/mol. The number of fused-ring (bicyclic) bond motifs is 1. The summed E-state index contributed by atoms with van der Waals surface area (Å²) < 4.78 is 6.65. The lowest BCUT2D eigenvalue weighted by atomic mass is 10.2. The molecule has 0 fully saturated rings. The second-order valence-electron chi connectivity index (χ2n) is 5.59. The molecular weight excluding hydrogens is 320 g/mol. The molecular formula is C18H18N4O3. The van der Waals surface area contributed by atoms with E-state index in [4.69, 9.17) is 4.74 Å². The Hall–Kier alpha value is -3.22. The van der Waals surface area contributed by atoms with Gasteiger partial charge in [-0.2, -0.15) is 5.10 Å². The minimum absolute atomic E-state index is 0.284. The smallest absolute Gasteiger partial charge is 0.338 e. The number of esters is 1. The van der Waals surface area contributed by atoms with Crippen molar-refractivity contribution in [1.29, 1.82) is 0 Å². The van der Waals surface area contributed by atoms with E-state index in [1.165, 1.54) is 0 Å². The van der Waals surface area contributed by atoms with E-state index < -0.39 is 5.97 Å². The molecule has 1 amide bonds. The summed E-state index contributed by atoms with van der Waals surface area (Å²) in [6.07, 6.45) is 0. The van der Waals surface area contributed by atoms with E-state index in [0.29, 0.717) is 23.5 Å². The summed E-state index contributed by atoms with van der Waals surface area (Å²) in [5.41, 5.74) is 3.42. The van der Waals surface area contributed by atoms with Gasteiger partial charge in [0, 0.05) is 17.4 Å². The highest BCUT2D eigenvalue weighted by atomic mass is 16.5. The lowest BCUT2D eigenvalue weighted by molar-refractivity contribution is 0.0526. The Morgan fingerprint density at radius 2 is 2.00 bits per heavy atom. The van der Waals surface area contributed by atoms with E-state index in [-0.39, 0.29) is 11.6 Å². The fourth-order valence-corrected chi connectivity index (χ4v) is 2.49. The number of hydrogen-bond donors (Lipinski definition) is 1. The Morgan fingerprint density at radius 1 is 1.20 bits per heavy atom. The second kappa shape index (κ2) is 6.72. The molecule has 128 valence electrons. The molecule has 0 aliphatic carbocycles. The van der Waals surface area contributed by atoms with Crippen LogP contribution in [0.5, 0.6) is 0 Å². The van der Waals surface area contributed by atoms with Gasteiger partial charge in [-0.1, -0.05) is 6.07 Å². The largest absolute Gasteiger partial charge is 0.462 e. The first-order valence-electron chi connectivity index (χ1n) is 7.90. The van der Waals surface area contributed by atoms with Crippen LogP contribution in [0.3, 0.4) is 0 Å². The molecule has 7 heteroatoms. The Bertz CT molecular complexity index is 962. The molecule has 0 saturated heterocycles. The standard InChI is InChI=1S/C18H18N4O3/c1-4-25-18(24)13-6-5-7-14(10-13)19-17(23)15-9-12(3)22-16(20-15)8-11(2)21-22/h5-10H,4H2,1-3H3,(H,19,23). The van der Waals surface area contributed by atoms with Gasteiger partial charge in [0.25, 0.3) is 5.91 Å². The first-order chi connectivity index (χ1) is 12.0. The van der Waals surface area contributed by atoms with Crippen LogP contribution in [0.4, 0.5) is 5.69 Å². The Morgan fingerprint density at radius 3 is 2.76 bits per heavy atom. The van der Waals surface area contributed by atoms with Gasteiger partial charge in [-0.15, -0.1) is 0 Å². The number of hydrogen-bond acceptors (Lipinski definition) is 5. The predicted octanol–water partition coefficient (Wildman–Crippen LogP) is 2.78. The molecule has 3 rings (SSSR count). The quantitative estimate of drug-likeness (QED) is 0.739. The molecule has 0 spiro atoms. The molecule has 0 radical (unpaired) electrons. The lowest BCUT2D eigenvalue weighted by Crippen LogP contribution is -2.15. The zero-order valence-corrected chi connectivity index (χ0v) is 14.2. The number of aryl methyl sites for hydroxylation is 2. The maximum absolute atomic E-state index is 12.5. The van der Waals surface area contributed by atoms with Crippen LogP contribution >= 0.6 is 0 Å². The topological polar surface area (TPSA) is 85.6 Å². The first kappa shape index (κ1) is 16.6. The third-order valence-corrected chi connectivity index (χ3v) is 3.59. The van der Waals surface area contributed by atoms with Crippen molar-refractivity contribution in [3.63, 3.8) is 0 Å². The summed E-state index contributed by atoms with van der Waals surface area (Å²) in [7, 11) is 0. The number of anilines is 1. The lowest BCUT2D eigenvalue weighted by Gasteiger charge is -2.08. The number of carbonyl (C=O) groups excluding carboxylic acids is 2. The number of benzene rings is 1. The van der Waals surface area contributed by atoms with Crippen LogP contribution in [0.25, 0.3) is 5.65 Å². The van der Waals surface area contributed by atoms with Crippen molar-refractivity contribution in [2.75, 3.05) is 11.9 Å². The Labute approximate surface area is 144 Å². The SMILES string of the molecule is CCOC(=O)c1cccc(NC(=O)c2cc(C)n3nc(C)cc3n2)c1. The van der Waals surface area contributed by atoms with Gasteiger partial charge in [0.2, 0.25) is 0 Å². The van der Waals surface area contributed by atoms with Crippen molar-refractivity contribution in [3.05, 3.63) is 59.0 Å². The van der Waals surface area contributed by atoms with Crippen LogP contribution < -0.4 is 5.32 Å². The molecule has 0 aliphatic heterocycles. The van der Waals surface area contributed by atoms with Gasteiger partial charge in [-0.3, -0.25) is 4.79 Å². The zero-order valence-electron chi connectivity index (χ0n) is 14.2. The predicted molar refractivity (Wildman–Crippen MR) is 92.8 cm³/mol. The highest BCUT2D eigenvalue weighted by Crippen LogP contribution is 2.14. The van der Waals surface area contributed by atoms with Crippen LogP contribution in [-0.4, -0.2) is 33.1 Å². The number of nitrogens with zero attached hydrogens (tertiary/aromatic N) is 3. The fourth-order valence-electron chi connectivity index (χ4n) is 2.49. The Kier molecular flexibility index (Phi) is 4.47. The van der Waals surface area contributed by atoms with Crippen LogP contribution in [0.2, 0.25) is 0 Å². The van der Waals surface area contributed by atoms with Crippen molar-refractivity contribution < 1.29 is 14.3 Å². The number of nitrogens with one attached hydrogen (secondary N) is 1. The third kappa shape index (κ3) is 3.50. The van der Waals surface area contributed by atoms with Crippen LogP contribution in [0.15, 0.2) is 36.4 Å². The van der Waals surface area contributed by atoms with Gasteiger partial charge in [-0.25, -0.2) is 14.3 Å². The van der Waals surface area contributed by atoms with E-state index in [1.807, 2.05) is 19.9 Å². The minimum atomic E-state index is -0.427. The molecule has 0 bridgehead atoms. The van der Waals surface area contributed by atoms with Crippen LogP contribution in [0.1, 0.15) is 39.2 Å². The number of ether oxygens (including phenoxy) is 1. The van der Waals surface area contributed by atoms with Gasteiger partial charge in [-0.05, 0) is 45.0 Å². The summed E-state index contributed by atoms with van der Waals surface area (Å²) in [5.74, 6) is -0.783. The van der Waals surface area contributed by atoms with Crippen molar-refractivity contribution in [3.8, 4) is 0 Å². The average molecular weight is 338 g/mol. The van der Waals surface area contributed by atoms with Crippen LogP contribution in [-0.2, 0) is 4.74 Å². The van der Waals surface area contributed by atoms with E-state index in [1.54, 1.807) is 41.8 Å². The van der Waals surface area contributed by atoms with Crippen molar-refractivity contribution >= 4 is 23.2 Å². The number of carbonyl (C=O) groups is 2. The minimum Gasteiger partial charge on any atom is -0.462 e. The van der Waals surface area contributed by atoms with Gasteiger partial charge in [0.1, 0.15) is 5.69 Å². The van der Waals surface area contributed by atoms with E-state index in [2.05, 4.69) is 15.4 Å². The molecule has 2 heterocycles. The summed E-state index contributed by atoms with van der Waals surface area (Å²) in [5, 5.41) is 7.07. The Balaban J connectivity index is 1.85. The molecule has 7 nitrogen and oxygen atoms in total. The summed E-state index contributed by atoms with van der Waals surface area (Å²) in [6.45, 7) is 5.77. The highest BCUT2D eigenvalue weighted by Gasteiger charge is 2.13. The summed E-state index contributed by atoms with van der Waals surface area (Å²) in [6, 6.07) is 10.1. The van der Waals surface area contributed by atoms with Gasteiger partial charge in [0.15, 0.2) is 5.65 Å². The van der Waals surface area contributed by atoms with Crippen molar-refractivity contribution in [2.45, 2.75) is 20.8 Å². The number of aromatic nitrogens is 3. The second-order valence-corrected chi connectivity index (χ2v) is 5.59. The van der Waals surface area contributed by atoms with Crippen LogP contribution in [0, 0.1) is 13.8 Å². The average Bonchev–Trinajstić information content (AvgIpc) is 2.96. The van der Waals surface area contributed by atoms with Gasteiger partial charge >= 0.3 is 5.97 Å². The summed E-state index contributed by atoms with van der Waals surface area (Å²) in [4.78, 5) is 28.6. The molecule has 2 aromatic heterocycles. The molecule has 0 atom stereocenters. The molecule has 1 aromatic carbocycles. The van der Waals surface area contributed by atoms with Crippen molar-refractivity contribution in [1.82, 2.24) is 14.6 Å². The van der Waals surface area contributed by atoms with Gasteiger partial charge < -0.3 is 10.1 Å². The van der Waals surface area contributed by atoms with E-state index in [9.17, 15) is 9.59 Å². The molecule has 0 aliphatic rings. The molecule has 0 unspecified atom stereocenters. The molecule has 1 N–H and O–H groups in total. The number of amides is 1. The summed E-state index contributed by atoms with van der Waals surface area (Å²) >= 11 is 0. The molecule has 3 aromatic rings. The molecule has 25 heavy (non-hydrogen) atoms. The van der Waals surface area contributed by atoms with E-state index >= 15 is 0 Å². The maximum atomic E-state index is 12.5. The van der Waals surface area contributed by atoms with Crippen molar-refractivity contribution in [2.24, 2.45) is 0 Å². The normalized spacial score (nSPS) is 10.7. The zero-order chi connectivity index (χ0) is 18.0.